The number of hydrogen-bond acceptors (Lipinski definition) is 6. The fourth-order valence-electron chi connectivity index (χ4n) is 3.02. The van der Waals surface area contributed by atoms with Crippen LogP contribution in [0.15, 0.2) is 48.5 Å². The maximum Gasteiger partial charge on any atom is 0.270 e. The molecule has 0 spiro atoms. The van der Waals surface area contributed by atoms with Crippen molar-refractivity contribution >= 4 is 21.6 Å². The topological polar surface area (TPSA) is 119 Å². The summed E-state index contributed by atoms with van der Waals surface area (Å²) >= 11 is 0. The number of amides is 1. The molecule has 0 aliphatic carbocycles. The Labute approximate surface area is 168 Å². The number of nitrogens with one attached hydrogen (secondary N) is 1. The molecule has 1 N–H and O–H groups in total. The molecule has 1 aliphatic heterocycles. The zero-order chi connectivity index (χ0) is 20.9. The number of carbonyl (C=O) groups is 1. The molecule has 0 saturated carbocycles. The number of benzene rings is 2. The van der Waals surface area contributed by atoms with Gasteiger partial charge in [0.25, 0.3) is 11.6 Å². The van der Waals surface area contributed by atoms with Gasteiger partial charge in [0.1, 0.15) is 0 Å². The van der Waals surface area contributed by atoms with E-state index in [-0.39, 0.29) is 23.5 Å². The van der Waals surface area contributed by atoms with Crippen molar-refractivity contribution in [1.29, 1.82) is 0 Å². The molecular formula is C19H21N3O6S. The lowest BCUT2D eigenvalue weighted by atomic mass is 10.1. The monoisotopic (exact) mass is 419 g/mol. The normalized spacial score (nSPS) is 15.0. The van der Waals surface area contributed by atoms with Gasteiger partial charge in [-0.1, -0.05) is 30.3 Å². The van der Waals surface area contributed by atoms with Gasteiger partial charge in [0, 0.05) is 37.3 Å². The van der Waals surface area contributed by atoms with Gasteiger partial charge >= 0.3 is 0 Å². The van der Waals surface area contributed by atoms with E-state index in [1.54, 1.807) is 24.3 Å². The molecule has 0 atom stereocenters. The molecule has 1 fully saturated rings. The standard InChI is InChI=1S/C19H21N3O6S/c23-19(15-6-3-7-18(12-15)22(24)25)20-13-16-4-1-2-5-17(16)14-29(26,27)21-8-10-28-11-9-21/h1-7,12H,8-11,13-14H2,(H,20,23). The van der Waals surface area contributed by atoms with Gasteiger partial charge in [-0.05, 0) is 17.2 Å². The Morgan fingerprint density at radius 3 is 2.48 bits per heavy atom. The third kappa shape index (κ3) is 5.37. The highest BCUT2D eigenvalue weighted by atomic mass is 32.2. The first-order valence-electron chi connectivity index (χ1n) is 9.02. The second-order valence-corrected chi connectivity index (χ2v) is 8.50. The molecule has 29 heavy (non-hydrogen) atoms. The number of hydrogen-bond donors (Lipinski definition) is 1. The van der Waals surface area contributed by atoms with Crippen LogP contribution in [-0.4, -0.2) is 49.9 Å². The predicted molar refractivity (Wildman–Crippen MR) is 106 cm³/mol. The van der Waals surface area contributed by atoms with Crippen molar-refractivity contribution in [2.75, 3.05) is 26.3 Å². The van der Waals surface area contributed by atoms with Crippen LogP contribution in [0.4, 0.5) is 5.69 Å². The molecule has 2 aromatic carbocycles. The lowest BCUT2D eigenvalue weighted by Gasteiger charge is -2.26. The van der Waals surface area contributed by atoms with Gasteiger partial charge in [-0.2, -0.15) is 4.31 Å². The summed E-state index contributed by atoms with van der Waals surface area (Å²) in [5, 5.41) is 13.6. The van der Waals surface area contributed by atoms with Crippen molar-refractivity contribution in [3.8, 4) is 0 Å². The highest BCUT2D eigenvalue weighted by Crippen LogP contribution is 2.17. The van der Waals surface area contributed by atoms with Crippen molar-refractivity contribution in [2.24, 2.45) is 0 Å². The van der Waals surface area contributed by atoms with Crippen LogP contribution in [0.2, 0.25) is 0 Å². The minimum atomic E-state index is -3.50. The molecule has 1 amide bonds. The Morgan fingerprint density at radius 1 is 1.10 bits per heavy atom. The summed E-state index contributed by atoms with van der Waals surface area (Å²) in [6.07, 6.45) is 0. The van der Waals surface area contributed by atoms with Crippen LogP contribution < -0.4 is 5.32 Å². The summed E-state index contributed by atoms with van der Waals surface area (Å²) in [7, 11) is -3.50. The van der Waals surface area contributed by atoms with E-state index in [9.17, 15) is 23.3 Å². The third-order valence-corrected chi connectivity index (χ3v) is 6.41. The maximum atomic E-state index is 12.7. The number of carbonyl (C=O) groups excluding carboxylic acids is 1. The number of nitro benzene ring substituents is 1. The number of rotatable bonds is 7. The number of nitro groups is 1. The van der Waals surface area contributed by atoms with Gasteiger partial charge in [0.2, 0.25) is 10.0 Å². The molecule has 10 heteroatoms. The molecule has 0 unspecified atom stereocenters. The molecule has 154 valence electrons. The summed E-state index contributed by atoms with van der Waals surface area (Å²) in [5.74, 6) is -0.643. The van der Waals surface area contributed by atoms with E-state index >= 15 is 0 Å². The van der Waals surface area contributed by atoms with Gasteiger partial charge < -0.3 is 10.1 Å². The van der Waals surface area contributed by atoms with E-state index < -0.39 is 20.9 Å². The van der Waals surface area contributed by atoms with Crippen LogP contribution in [0.1, 0.15) is 21.5 Å². The average Bonchev–Trinajstić information content (AvgIpc) is 2.73. The van der Waals surface area contributed by atoms with Crippen molar-refractivity contribution in [1.82, 2.24) is 9.62 Å². The minimum absolute atomic E-state index is 0.107. The van der Waals surface area contributed by atoms with Crippen molar-refractivity contribution < 1.29 is 22.9 Å². The Balaban J connectivity index is 1.70. The van der Waals surface area contributed by atoms with Crippen LogP contribution >= 0.6 is 0 Å². The number of nitrogens with zero attached hydrogens (tertiary/aromatic N) is 2. The quantitative estimate of drug-likeness (QED) is 0.539. The van der Waals surface area contributed by atoms with Gasteiger partial charge in [0.05, 0.1) is 23.9 Å². The van der Waals surface area contributed by atoms with Crippen molar-refractivity contribution in [3.63, 3.8) is 0 Å². The first-order valence-corrected chi connectivity index (χ1v) is 10.6. The first kappa shape index (κ1) is 20.9. The minimum Gasteiger partial charge on any atom is -0.379 e. The third-order valence-electron chi connectivity index (χ3n) is 4.58. The zero-order valence-electron chi connectivity index (χ0n) is 15.6. The predicted octanol–water partition coefficient (Wildman–Crippen LogP) is 1.69. The second kappa shape index (κ2) is 9.12. The summed E-state index contributed by atoms with van der Waals surface area (Å²) in [5.41, 5.74) is 1.26. The number of morpholine rings is 1. The molecule has 9 nitrogen and oxygen atoms in total. The van der Waals surface area contributed by atoms with Gasteiger partial charge in [-0.3, -0.25) is 14.9 Å². The molecule has 1 heterocycles. The van der Waals surface area contributed by atoms with Crippen LogP contribution in [0.5, 0.6) is 0 Å². The Bertz CT molecular complexity index is 1000. The molecule has 3 rings (SSSR count). The lowest BCUT2D eigenvalue weighted by Crippen LogP contribution is -2.41. The molecule has 0 aromatic heterocycles. The smallest absolute Gasteiger partial charge is 0.270 e. The molecule has 1 saturated heterocycles. The SMILES string of the molecule is O=C(NCc1ccccc1CS(=O)(=O)N1CCOCC1)c1cccc([N+](=O)[O-])c1. The van der Waals surface area contributed by atoms with Crippen LogP contribution in [-0.2, 0) is 27.1 Å². The highest BCUT2D eigenvalue weighted by Gasteiger charge is 2.25. The summed E-state index contributed by atoms with van der Waals surface area (Å²) in [4.78, 5) is 22.7. The van der Waals surface area contributed by atoms with E-state index in [0.717, 1.165) is 0 Å². The fraction of sp³-hybridized carbons (Fsp3) is 0.316. The summed E-state index contributed by atoms with van der Waals surface area (Å²) < 4.78 is 32.0. The number of non-ortho nitro benzene ring substituents is 1. The molecular weight excluding hydrogens is 398 g/mol. The first-order chi connectivity index (χ1) is 13.9. The Morgan fingerprint density at radius 2 is 1.79 bits per heavy atom. The van der Waals surface area contributed by atoms with Gasteiger partial charge in [-0.25, -0.2) is 8.42 Å². The van der Waals surface area contributed by atoms with E-state index in [1.165, 1.54) is 28.6 Å². The van der Waals surface area contributed by atoms with Gasteiger partial charge in [-0.15, -0.1) is 0 Å². The largest absolute Gasteiger partial charge is 0.379 e. The van der Waals surface area contributed by atoms with Crippen LogP contribution in [0, 0.1) is 10.1 Å². The van der Waals surface area contributed by atoms with E-state index in [2.05, 4.69) is 5.32 Å². The molecule has 0 bridgehead atoms. The van der Waals surface area contributed by atoms with Crippen LogP contribution in [0.25, 0.3) is 0 Å². The Hall–Kier alpha value is -2.82. The maximum absolute atomic E-state index is 12.7. The van der Waals surface area contributed by atoms with Gasteiger partial charge in [0.15, 0.2) is 0 Å². The van der Waals surface area contributed by atoms with E-state index in [4.69, 9.17) is 4.74 Å². The lowest BCUT2D eigenvalue weighted by molar-refractivity contribution is -0.384. The number of ether oxygens (including phenoxy) is 1. The highest BCUT2D eigenvalue weighted by molar-refractivity contribution is 7.88. The molecule has 1 aliphatic rings. The zero-order valence-corrected chi connectivity index (χ0v) is 16.4. The van der Waals surface area contributed by atoms with Crippen LogP contribution in [0.3, 0.4) is 0 Å². The summed E-state index contributed by atoms with van der Waals surface area (Å²) in [6.45, 7) is 1.51. The van der Waals surface area contributed by atoms with Crippen molar-refractivity contribution in [3.05, 3.63) is 75.3 Å². The number of sulfonamides is 1. The Kier molecular flexibility index (Phi) is 6.57. The molecule has 0 radical (unpaired) electrons. The van der Waals surface area contributed by atoms with E-state index in [1.807, 2.05) is 0 Å². The average molecular weight is 419 g/mol. The summed E-state index contributed by atoms with van der Waals surface area (Å²) in [6, 6.07) is 12.4. The van der Waals surface area contributed by atoms with E-state index in [0.29, 0.717) is 37.4 Å². The fourth-order valence-corrected chi connectivity index (χ4v) is 4.58. The second-order valence-electron chi connectivity index (χ2n) is 6.53. The molecule has 2 aromatic rings. The van der Waals surface area contributed by atoms with Crippen molar-refractivity contribution in [2.45, 2.75) is 12.3 Å².